The molecule has 13 heavy (non-hydrogen) atoms. The van der Waals surface area contributed by atoms with Gasteiger partial charge in [0.25, 0.3) is 0 Å². The molecule has 0 aromatic heterocycles. The zero-order valence-electron chi connectivity index (χ0n) is 7.46. The van der Waals surface area contributed by atoms with Crippen molar-refractivity contribution in [2.45, 2.75) is 19.6 Å². The highest BCUT2D eigenvalue weighted by Gasteiger charge is 2.08. The molecule has 0 bridgehead atoms. The first-order chi connectivity index (χ1) is 6.24. The quantitative estimate of drug-likeness (QED) is 0.517. The SMILES string of the molecule is NCc1ccc(O)c(CN)c1CN. The molecule has 0 atom stereocenters. The minimum Gasteiger partial charge on any atom is -0.508 e. The highest BCUT2D eigenvalue weighted by Crippen LogP contribution is 2.23. The summed E-state index contributed by atoms with van der Waals surface area (Å²) in [7, 11) is 0. The van der Waals surface area contributed by atoms with Crippen LogP contribution in [0.25, 0.3) is 0 Å². The smallest absolute Gasteiger partial charge is 0.120 e. The Morgan fingerprint density at radius 2 is 1.54 bits per heavy atom. The van der Waals surface area contributed by atoms with E-state index in [4.69, 9.17) is 17.2 Å². The van der Waals surface area contributed by atoms with Crippen molar-refractivity contribution in [1.82, 2.24) is 0 Å². The maximum Gasteiger partial charge on any atom is 0.120 e. The average Bonchev–Trinajstić information content (AvgIpc) is 2.17. The Morgan fingerprint density at radius 3 is 2.00 bits per heavy atom. The number of benzene rings is 1. The van der Waals surface area contributed by atoms with Crippen LogP contribution in [0.3, 0.4) is 0 Å². The third kappa shape index (κ3) is 1.80. The fourth-order valence-corrected chi connectivity index (χ4v) is 1.40. The molecule has 0 aliphatic carbocycles. The van der Waals surface area contributed by atoms with Crippen molar-refractivity contribution in [2.24, 2.45) is 17.2 Å². The molecule has 0 amide bonds. The van der Waals surface area contributed by atoms with Gasteiger partial charge < -0.3 is 22.3 Å². The predicted molar refractivity (Wildman–Crippen MR) is 51.8 cm³/mol. The van der Waals surface area contributed by atoms with Gasteiger partial charge in [0.1, 0.15) is 5.75 Å². The van der Waals surface area contributed by atoms with Gasteiger partial charge in [-0.15, -0.1) is 0 Å². The summed E-state index contributed by atoms with van der Waals surface area (Å²) in [5, 5.41) is 9.47. The molecule has 0 heterocycles. The van der Waals surface area contributed by atoms with E-state index in [1.54, 1.807) is 12.1 Å². The average molecular weight is 181 g/mol. The van der Waals surface area contributed by atoms with Crippen LogP contribution in [-0.4, -0.2) is 5.11 Å². The van der Waals surface area contributed by atoms with Crippen molar-refractivity contribution >= 4 is 0 Å². The Hall–Kier alpha value is -1.10. The molecule has 0 saturated carbocycles. The lowest BCUT2D eigenvalue weighted by molar-refractivity contribution is 0.467. The Bertz CT molecular complexity index is 299. The molecular weight excluding hydrogens is 166 g/mol. The van der Waals surface area contributed by atoms with Gasteiger partial charge in [-0.25, -0.2) is 0 Å². The van der Waals surface area contributed by atoms with E-state index in [0.717, 1.165) is 11.1 Å². The van der Waals surface area contributed by atoms with Gasteiger partial charge in [-0.3, -0.25) is 0 Å². The standard InChI is InChI=1S/C9H15N3O/c10-3-6-1-2-9(13)8(5-12)7(6)4-11/h1-2,13H,3-5,10-12H2. The van der Waals surface area contributed by atoms with Crippen molar-refractivity contribution in [2.75, 3.05) is 0 Å². The van der Waals surface area contributed by atoms with Crippen molar-refractivity contribution in [3.05, 3.63) is 28.8 Å². The zero-order chi connectivity index (χ0) is 9.84. The largest absolute Gasteiger partial charge is 0.508 e. The molecule has 0 saturated heterocycles. The lowest BCUT2D eigenvalue weighted by atomic mass is 10.00. The second-order valence-electron chi connectivity index (χ2n) is 2.81. The number of nitrogens with two attached hydrogens (primary N) is 3. The number of hydrogen-bond acceptors (Lipinski definition) is 4. The normalized spacial score (nSPS) is 10.4. The van der Waals surface area contributed by atoms with Gasteiger partial charge in [0, 0.05) is 25.2 Å². The van der Waals surface area contributed by atoms with Crippen LogP contribution in [0.4, 0.5) is 0 Å². The minimum atomic E-state index is 0.195. The second kappa shape index (κ2) is 4.23. The monoisotopic (exact) mass is 181 g/mol. The molecule has 0 radical (unpaired) electrons. The van der Waals surface area contributed by atoms with Gasteiger partial charge in [-0.05, 0) is 17.2 Å². The molecule has 0 spiro atoms. The predicted octanol–water partition coefficient (Wildman–Crippen LogP) is -0.232. The Balaban J connectivity index is 3.27. The van der Waals surface area contributed by atoms with Crippen LogP contribution in [0, 0.1) is 0 Å². The van der Waals surface area contributed by atoms with Crippen LogP contribution in [0.1, 0.15) is 16.7 Å². The summed E-state index contributed by atoms with van der Waals surface area (Å²) in [5.74, 6) is 0.195. The van der Waals surface area contributed by atoms with E-state index in [0.29, 0.717) is 18.7 Å². The maximum absolute atomic E-state index is 9.47. The summed E-state index contributed by atoms with van der Waals surface area (Å²) in [6, 6.07) is 3.38. The van der Waals surface area contributed by atoms with E-state index in [1.807, 2.05) is 0 Å². The number of hydrogen-bond donors (Lipinski definition) is 4. The summed E-state index contributed by atoms with van der Waals surface area (Å²) in [4.78, 5) is 0. The van der Waals surface area contributed by atoms with Crippen LogP contribution in [0.2, 0.25) is 0 Å². The van der Waals surface area contributed by atoms with Crippen molar-refractivity contribution in [3.8, 4) is 5.75 Å². The highest BCUT2D eigenvalue weighted by molar-refractivity contribution is 5.44. The zero-order valence-corrected chi connectivity index (χ0v) is 7.46. The van der Waals surface area contributed by atoms with Crippen LogP contribution in [0.5, 0.6) is 5.75 Å². The van der Waals surface area contributed by atoms with Crippen molar-refractivity contribution in [3.63, 3.8) is 0 Å². The lowest BCUT2D eigenvalue weighted by Gasteiger charge is -2.12. The van der Waals surface area contributed by atoms with Crippen molar-refractivity contribution in [1.29, 1.82) is 0 Å². The first-order valence-electron chi connectivity index (χ1n) is 4.17. The summed E-state index contributed by atoms with van der Waals surface area (Å²) < 4.78 is 0. The molecule has 1 aromatic rings. The van der Waals surface area contributed by atoms with E-state index in [2.05, 4.69) is 0 Å². The van der Waals surface area contributed by atoms with E-state index >= 15 is 0 Å². The number of phenolic OH excluding ortho intramolecular Hbond substituents is 1. The summed E-state index contributed by atoms with van der Waals surface area (Å²) >= 11 is 0. The fourth-order valence-electron chi connectivity index (χ4n) is 1.40. The second-order valence-corrected chi connectivity index (χ2v) is 2.81. The number of rotatable bonds is 3. The van der Waals surface area contributed by atoms with Crippen molar-refractivity contribution < 1.29 is 5.11 Å². The number of aromatic hydroxyl groups is 1. The van der Waals surface area contributed by atoms with E-state index in [1.165, 1.54) is 0 Å². The highest BCUT2D eigenvalue weighted by atomic mass is 16.3. The van der Waals surface area contributed by atoms with E-state index in [-0.39, 0.29) is 12.3 Å². The minimum absolute atomic E-state index is 0.195. The van der Waals surface area contributed by atoms with E-state index in [9.17, 15) is 5.11 Å². The molecule has 0 aliphatic rings. The fraction of sp³-hybridized carbons (Fsp3) is 0.333. The lowest BCUT2D eigenvalue weighted by Crippen LogP contribution is -2.11. The molecule has 7 N–H and O–H groups in total. The van der Waals surface area contributed by atoms with Gasteiger partial charge in [0.2, 0.25) is 0 Å². The Kier molecular flexibility index (Phi) is 3.25. The number of phenols is 1. The molecule has 72 valence electrons. The topological polar surface area (TPSA) is 98.3 Å². The van der Waals surface area contributed by atoms with Gasteiger partial charge in [0.15, 0.2) is 0 Å². The van der Waals surface area contributed by atoms with Gasteiger partial charge in [-0.1, -0.05) is 6.07 Å². The summed E-state index contributed by atoms with van der Waals surface area (Å²) in [6.07, 6.45) is 0. The molecule has 1 rings (SSSR count). The van der Waals surface area contributed by atoms with Crippen LogP contribution in [-0.2, 0) is 19.6 Å². The first-order valence-corrected chi connectivity index (χ1v) is 4.17. The molecule has 0 unspecified atom stereocenters. The summed E-state index contributed by atoms with van der Waals surface area (Å²) in [6.45, 7) is 1.06. The third-order valence-electron chi connectivity index (χ3n) is 2.13. The molecule has 4 nitrogen and oxygen atoms in total. The Morgan fingerprint density at radius 1 is 0.923 bits per heavy atom. The summed E-state index contributed by atoms with van der Waals surface area (Å²) in [5.41, 5.74) is 19.1. The van der Waals surface area contributed by atoms with E-state index < -0.39 is 0 Å². The van der Waals surface area contributed by atoms with Crippen LogP contribution < -0.4 is 17.2 Å². The molecule has 4 heteroatoms. The van der Waals surface area contributed by atoms with Crippen LogP contribution in [0.15, 0.2) is 12.1 Å². The van der Waals surface area contributed by atoms with Gasteiger partial charge in [0.05, 0.1) is 0 Å². The molecule has 0 fully saturated rings. The molecule has 1 aromatic carbocycles. The van der Waals surface area contributed by atoms with Crippen LogP contribution >= 0.6 is 0 Å². The van der Waals surface area contributed by atoms with Gasteiger partial charge in [-0.2, -0.15) is 0 Å². The molecule has 0 aliphatic heterocycles. The third-order valence-corrected chi connectivity index (χ3v) is 2.13. The van der Waals surface area contributed by atoms with Gasteiger partial charge >= 0.3 is 0 Å². The Labute approximate surface area is 77.3 Å². The first kappa shape index (κ1) is 9.98. The molecular formula is C9H15N3O. The maximum atomic E-state index is 9.47.